The number of aromatic hydroxyl groups is 1. The van der Waals surface area contributed by atoms with Gasteiger partial charge in [0.2, 0.25) is 0 Å². The van der Waals surface area contributed by atoms with Gasteiger partial charge in [0, 0.05) is 16.6 Å². The number of benzene rings is 2. The number of nitrogens with zero attached hydrogens (tertiary/aromatic N) is 2. The predicted octanol–water partition coefficient (Wildman–Crippen LogP) is 4.65. The van der Waals surface area contributed by atoms with E-state index in [4.69, 9.17) is 0 Å². The lowest BCUT2D eigenvalue weighted by atomic mass is 10.2. The van der Waals surface area contributed by atoms with E-state index in [1.54, 1.807) is 18.2 Å². The number of hydrogen-bond donors (Lipinski definition) is 1. The third-order valence-corrected chi connectivity index (χ3v) is 4.26. The van der Waals surface area contributed by atoms with Crippen molar-refractivity contribution in [1.82, 2.24) is 9.55 Å². The highest BCUT2D eigenvalue weighted by Gasteiger charge is 2.29. The number of phenols is 1. The maximum Gasteiger partial charge on any atom is 0.145 e. The molecule has 1 saturated carbocycles. The lowest BCUT2D eigenvalue weighted by molar-refractivity contribution is 0.476. The van der Waals surface area contributed by atoms with Gasteiger partial charge in [0.1, 0.15) is 17.4 Å². The van der Waals surface area contributed by atoms with Crippen LogP contribution in [-0.2, 0) is 0 Å². The van der Waals surface area contributed by atoms with Crippen molar-refractivity contribution in [3.05, 3.63) is 46.7 Å². The summed E-state index contributed by atoms with van der Waals surface area (Å²) in [4.78, 5) is 4.55. The summed E-state index contributed by atoms with van der Waals surface area (Å²) in [6.07, 6.45) is 2.18. The fourth-order valence-corrected chi connectivity index (χ4v) is 3.01. The van der Waals surface area contributed by atoms with E-state index in [2.05, 4.69) is 25.5 Å². The topological polar surface area (TPSA) is 38.1 Å². The maximum atomic E-state index is 13.4. The van der Waals surface area contributed by atoms with Gasteiger partial charge < -0.3 is 9.67 Å². The smallest absolute Gasteiger partial charge is 0.145 e. The molecule has 0 unspecified atom stereocenters. The van der Waals surface area contributed by atoms with E-state index in [0.29, 0.717) is 22.9 Å². The van der Waals surface area contributed by atoms with Gasteiger partial charge in [-0.1, -0.05) is 15.9 Å². The molecule has 5 heteroatoms. The fourth-order valence-electron chi connectivity index (χ4n) is 2.65. The molecule has 106 valence electrons. The summed E-state index contributed by atoms with van der Waals surface area (Å²) in [5, 5.41) is 10.1. The molecule has 1 fully saturated rings. The summed E-state index contributed by atoms with van der Waals surface area (Å²) >= 11 is 3.42. The first-order valence-electron chi connectivity index (χ1n) is 6.80. The number of hydrogen-bond acceptors (Lipinski definition) is 2. The van der Waals surface area contributed by atoms with Gasteiger partial charge in [-0.3, -0.25) is 0 Å². The van der Waals surface area contributed by atoms with Crippen LogP contribution in [0.25, 0.3) is 22.4 Å². The molecule has 2 aromatic carbocycles. The first-order valence-corrected chi connectivity index (χ1v) is 7.59. The van der Waals surface area contributed by atoms with Crippen LogP contribution in [0.2, 0.25) is 0 Å². The molecule has 0 amide bonds. The normalized spacial score (nSPS) is 14.8. The standard InChI is InChI=1S/C16H12BrFN2O/c17-9-1-6-15(21)12(7-9)16-19-13-8-10(18)2-5-14(13)20(16)11-3-4-11/h1-2,5-8,11,21H,3-4H2. The first kappa shape index (κ1) is 12.8. The fraction of sp³-hybridized carbons (Fsp3) is 0.188. The quantitative estimate of drug-likeness (QED) is 0.733. The second-order valence-electron chi connectivity index (χ2n) is 5.33. The van der Waals surface area contributed by atoms with E-state index in [1.807, 2.05) is 6.07 Å². The molecule has 1 heterocycles. The Morgan fingerprint density at radius 3 is 2.76 bits per heavy atom. The van der Waals surface area contributed by atoms with Crippen molar-refractivity contribution in [2.24, 2.45) is 0 Å². The molecule has 4 rings (SSSR count). The van der Waals surface area contributed by atoms with Crippen molar-refractivity contribution in [2.75, 3.05) is 0 Å². The van der Waals surface area contributed by atoms with E-state index in [9.17, 15) is 9.50 Å². The molecular weight excluding hydrogens is 335 g/mol. The van der Waals surface area contributed by atoms with E-state index in [1.165, 1.54) is 12.1 Å². The molecular formula is C16H12BrFN2O. The average molecular weight is 347 g/mol. The number of fused-ring (bicyclic) bond motifs is 1. The van der Waals surface area contributed by atoms with Crippen LogP contribution in [0.3, 0.4) is 0 Å². The average Bonchev–Trinajstić information content (AvgIpc) is 3.22. The van der Waals surface area contributed by atoms with Gasteiger partial charge in [-0.05, 0) is 43.2 Å². The van der Waals surface area contributed by atoms with E-state index < -0.39 is 0 Å². The van der Waals surface area contributed by atoms with Crippen molar-refractivity contribution in [1.29, 1.82) is 0 Å². The van der Waals surface area contributed by atoms with Crippen LogP contribution in [0, 0.1) is 5.82 Å². The van der Waals surface area contributed by atoms with Gasteiger partial charge in [-0.2, -0.15) is 0 Å². The first-order chi connectivity index (χ1) is 10.1. The lowest BCUT2D eigenvalue weighted by Crippen LogP contribution is -1.97. The molecule has 0 bridgehead atoms. The molecule has 21 heavy (non-hydrogen) atoms. The van der Waals surface area contributed by atoms with Crippen molar-refractivity contribution < 1.29 is 9.50 Å². The summed E-state index contributed by atoms with van der Waals surface area (Å²) in [5.74, 6) is 0.570. The number of aromatic nitrogens is 2. The van der Waals surface area contributed by atoms with E-state index in [0.717, 1.165) is 22.8 Å². The zero-order valence-corrected chi connectivity index (χ0v) is 12.6. The zero-order chi connectivity index (χ0) is 14.6. The summed E-state index contributed by atoms with van der Waals surface area (Å²) in [5.41, 5.74) is 2.19. The Bertz CT molecular complexity index is 855. The maximum absolute atomic E-state index is 13.4. The number of phenolic OH excluding ortho intramolecular Hbond substituents is 1. The molecule has 1 aromatic heterocycles. The van der Waals surface area contributed by atoms with Crippen LogP contribution in [0.5, 0.6) is 5.75 Å². The summed E-state index contributed by atoms with van der Waals surface area (Å²) in [6, 6.07) is 10.3. The zero-order valence-electron chi connectivity index (χ0n) is 11.1. The molecule has 1 N–H and O–H groups in total. The summed E-state index contributed by atoms with van der Waals surface area (Å²) < 4.78 is 16.4. The van der Waals surface area contributed by atoms with Gasteiger partial charge in [0.05, 0.1) is 16.6 Å². The predicted molar refractivity (Wildman–Crippen MR) is 82.8 cm³/mol. The minimum Gasteiger partial charge on any atom is -0.507 e. The third-order valence-electron chi connectivity index (χ3n) is 3.76. The second kappa shape index (κ2) is 4.56. The lowest BCUT2D eigenvalue weighted by Gasteiger charge is -2.09. The van der Waals surface area contributed by atoms with E-state index >= 15 is 0 Å². The molecule has 3 nitrogen and oxygen atoms in total. The molecule has 0 aliphatic heterocycles. The van der Waals surface area contributed by atoms with Gasteiger partial charge >= 0.3 is 0 Å². The van der Waals surface area contributed by atoms with Gasteiger partial charge in [-0.15, -0.1) is 0 Å². The van der Waals surface area contributed by atoms with Gasteiger partial charge in [0.15, 0.2) is 0 Å². The SMILES string of the molecule is Oc1ccc(Br)cc1-c1nc2cc(F)ccc2n1C1CC1. The van der Waals surface area contributed by atoms with Crippen LogP contribution in [0.4, 0.5) is 4.39 Å². The number of imidazole rings is 1. The van der Waals surface area contributed by atoms with Crippen molar-refractivity contribution >= 4 is 27.0 Å². The Morgan fingerprint density at radius 2 is 2.00 bits per heavy atom. The largest absolute Gasteiger partial charge is 0.507 e. The van der Waals surface area contributed by atoms with Crippen LogP contribution < -0.4 is 0 Å². The molecule has 0 atom stereocenters. The monoisotopic (exact) mass is 346 g/mol. The minimum absolute atomic E-state index is 0.177. The number of rotatable bonds is 2. The van der Waals surface area contributed by atoms with Crippen LogP contribution in [0.15, 0.2) is 40.9 Å². The molecule has 0 spiro atoms. The summed E-state index contributed by atoms with van der Waals surface area (Å²) in [6.45, 7) is 0. The van der Waals surface area contributed by atoms with Crippen molar-refractivity contribution in [2.45, 2.75) is 18.9 Å². The Balaban J connectivity index is 2.03. The Kier molecular flexibility index (Phi) is 2.79. The molecule has 0 saturated heterocycles. The Labute approximate surface area is 129 Å². The minimum atomic E-state index is -0.298. The molecule has 3 aromatic rings. The van der Waals surface area contributed by atoms with Crippen molar-refractivity contribution in [3.8, 4) is 17.1 Å². The highest BCUT2D eigenvalue weighted by Crippen LogP contribution is 2.43. The summed E-state index contributed by atoms with van der Waals surface area (Å²) in [7, 11) is 0. The van der Waals surface area contributed by atoms with Crippen LogP contribution >= 0.6 is 15.9 Å². The molecule has 1 aliphatic carbocycles. The van der Waals surface area contributed by atoms with Crippen LogP contribution in [0.1, 0.15) is 18.9 Å². The van der Waals surface area contributed by atoms with Crippen LogP contribution in [-0.4, -0.2) is 14.7 Å². The molecule has 0 radical (unpaired) electrons. The highest BCUT2D eigenvalue weighted by molar-refractivity contribution is 9.10. The Morgan fingerprint density at radius 1 is 1.19 bits per heavy atom. The van der Waals surface area contributed by atoms with E-state index in [-0.39, 0.29) is 11.6 Å². The van der Waals surface area contributed by atoms with Crippen molar-refractivity contribution in [3.63, 3.8) is 0 Å². The third kappa shape index (κ3) is 2.12. The Hall–Kier alpha value is -1.88. The number of halogens is 2. The van der Waals surface area contributed by atoms with Gasteiger partial charge in [0.25, 0.3) is 0 Å². The highest BCUT2D eigenvalue weighted by atomic mass is 79.9. The molecule has 1 aliphatic rings. The van der Waals surface area contributed by atoms with Gasteiger partial charge in [-0.25, -0.2) is 9.37 Å². The second-order valence-corrected chi connectivity index (χ2v) is 6.25.